The third kappa shape index (κ3) is 4.30. The molecule has 1 aromatic carbocycles. The lowest BCUT2D eigenvalue weighted by atomic mass is 10.0. The summed E-state index contributed by atoms with van der Waals surface area (Å²) in [5.41, 5.74) is 3.58. The van der Waals surface area contributed by atoms with E-state index in [1.54, 1.807) is 7.11 Å². The van der Waals surface area contributed by atoms with Crippen molar-refractivity contribution in [2.45, 2.75) is 20.3 Å². The number of carboxylic acid groups (broad SMARTS) is 1. The van der Waals surface area contributed by atoms with E-state index in [0.29, 0.717) is 0 Å². The predicted molar refractivity (Wildman–Crippen MR) is 71.1 cm³/mol. The van der Waals surface area contributed by atoms with Gasteiger partial charge in [-0.15, -0.1) is 11.8 Å². The van der Waals surface area contributed by atoms with Crippen molar-refractivity contribution in [3.63, 3.8) is 0 Å². The van der Waals surface area contributed by atoms with Gasteiger partial charge in [-0.25, -0.2) is 0 Å². The Labute approximate surface area is 106 Å². The number of aryl methyl sites for hydroxylation is 3. The van der Waals surface area contributed by atoms with Gasteiger partial charge in [0.2, 0.25) is 0 Å². The second-order valence-corrected chi connectivity index (χ2v) is 5.05. The van der Waals surface area contributed by atoms with E-state index >= 15 is 0 Å². The van der Waals surface area contributed by atoms with Crippen molar-refractivity contribution in [1.82, 2.24) is 0 Å². The van der Waals surface area contributed by atoms with E-state index < -0.39 is 5.97 Å². The van der Waals surface area contributed by atoms with Gasteiger partial charge in [0.15, 0.2) is 0 Å². The van der Waals surface area contributed by atoms with Crippen LogP contribution in [0.3, 0.4) is 0 Å². The zero-order valence-electron chi connectivity index (χ0n) is 10.4. The Hall–Kier alpha value is -1.16. The van der Waals surface area contributed by atoms with Crippen molar-refractivity contribution in [3.8, 4) is 5.75 Å². The topological polar surface area (TPSA) is 46.5 Å². The van der Waals surface area contributed by atoms with Crippen LogP contribution in [0.1, 0.15) is 16.7 Å². The number of carboxylic acids is 1. The molecule has 3 nitrogen and oxygen atoms in total. The van der Waals surface area contributed by atoms with Crippen LogP contribution < -0.4 is 4.74 Å². The summed E-state index contributed by atoms with van der Waals surface area (Å²) in [6.07, 6.45) is 0.897. The lowest BCUT2D eigenvalue weighted by Crippen LogP contribution is -2.01. The smallest absolute Gasteiger partial charge is 0.313 e. The summed E-state index contributed by atoms with van der Waals surface area (Å²) in [7, 11) is 1.67. The number of aliphatic carboxylic acids is 1. The van der Waals surface area contributed by atoms with Crippen molar-refractivity contribution in [3.05, 3.63) is 28.8 Å². The van der Waals surface area contributed by atoms with Crippen LogP contribution in [0, 0.1) is 13.8 Å². The van der Waals surface area contributed by atoms with Gasteiger partial charge < -0.3 is 9.84 Å². The lowest BCUT2D eigenvalue weighted by molar-refractivity contribution is -0.133. The summed E-state index contributed by atoms with van der Waals surface area (Å²) in [5.74, 6) is 1.16. The number of hydrogen-bond donors (Lipinski definition) is 1. The molecule has 0 fully saturated rings. The standard InChI is InChI=1S/C13H18O3S/c1-9-7-12(16-3)10(2)6-11(9)4-5-17-8-13(14)15/h6-7H,4-5,8H2,1-3H3,(H,14,15). The molecule has 0 aliphatic carbocycles. The van der Waals surface area contributed by atoms with Crippen LogP contribution >= 0.6 is 11.8 Å². The average Bonchev–Trinajstić information content (AvgIpc) is 2.28. The first-order valence-corrected chi connectivity index (χ1v) is 6.63. The summed E-state index contributed by atoms with van der Waals surface area (Å²) >= 11 is 1.45. The van der Waals surface area contributed by atoms with Crippen LogP contribution in [0.4, 0.5) is 0 Å². The number of hydrogen-bond acceptors (Lipinski definition) is 3. The number of methoxy groups -OCH3 is 1. The Morgan fingerprint density at radius 2 is 2.06 bits per heavy atom. The number of thioether (sulfide) groups is 1. The molecular formula is C13H18O3S. The Morgan fingerprint density at radius 1 is 1.35 bits per heavy atom. The van der Waals surface area contributed by atoms with Gasteiger partial charge in [0.25, 0.3) is 0 Å². The number of ether oxygens (including phenoxy) is 1. The third-order valence-electron chi connectivity index (χ3n) is 2.59. The van der Waals surface area contributed by atoms with E-state index in [2.05, 4.69) is 13.0 Å². The van der Waals surface area contributed by atoms with Crippen molar-refractivity contribution in [2.75, 3.05) is 18.6 Å². The van der Waals surface area contributed by atoms with Crippen molar-refractivity contribution in [2.24, 2.45) is 0 Å². The van der Waals surface area contributed by atoms with Gasteiger partial charge in [0.05, 0.1) is 12.9 Å². The average molecular weight is 254 g/mol. The monoisotopic (exact) mass is 254 g/mol. The molecule has 0 bridgehead atoms. The normalized spacial score (nSPS) is 10.3. The highest BCUT2D eigenvalue weighted by Gasteiger charge is 2.05. The molecule has 1 rings (SSSR count). The van der Waals surface area contributed by atoms with E-state index in [4.69, 9.17) is 9.84 Å². The Balaban J connectivity index is 2.59. The molecule has 0 radical (unpaired) electrons. The van der Waals surface area contributed by atoms with Crippen LogP contribution in [0.15, 0.2) is 12.1 Å². The molecule has 1 N–H and O–H groups in total. The molecule has 4 heteroatoms. The van der Waals surface area contributed by atoms with Gasteiger partial charge in [0, 0.05) is 0 Å². The number of rotatable bonds is 6. The molecule has 94 valence electrons. The van der Waals surface area contributed by atoms with Crippen molar-refractivity contribution in [1.29, 1.82) is 0 Å². The molecule has 0 spiro atoms. The summed E-state index contributed by atoms with van der Waals surface area (Å²) in [6, 6.07) is 4.15. The van der Waals surface area contributed by atoms with E-state index in [1.807, 2.05) is 13.0 Å². The predicted octanol–water partition coefficient (Wildman–Crippen LogP) is 2.67. The van der Waals surface area contributed by atoms with Gasteiger partial charge in [-0.05, 0) is 48.8 Å². The molecular weight excluding hydrogens is 236 g/mol. The Morgan fingerprint density at radius 3 is 2.65 bits per heavy atom. The largest absolute Gasteiger partial charge is 0.496 e. The van der Waals surface area contributed by atoms with Crippen LogP contribution in [0.5, 0.6) is 5.75 Å². The lowest BCUT2D eigenvalue weighted by Gasteiger charge is -2.11. The first-order valence-electron chi connectivity index (χ1n) is 5.48. The van der Waals surface area contributed by atoms with Crippen LogP contribution in [0.2, 0.25) is 0 Å². The highest BCUT2D eigenvalue weighted by Crippen LogP contribution is 2.23. The Kier molecular flexibility index (Phi) is 5.35. The summed E-state index contributed by atoms with van der Waals surface area (Å²) < 4.78 is 5.25. The summed E-state index contributed by atoms with van der Waals surface area (Å²) in [6.45, 7) is 4.07. The summed E-state index contributed by atoms with van der Waals surface area (Å²) in [4.78, 5) is 10.4. The van der Waals surface area contributed by atoms with E-state index in [9.17, 15) is 4.79 Å². The van der Waals surface area contributed by atoms with Gasteiger partial charge in [-0.2, -0.15) is 0 Å². The molecule has 0 saturated carbocycles. The van der Waals surface area contributed by atoms with E-state index in [-0.39, 0.29) is 5.75 Å². The molecule has 0 aromatic heterocycles. The maximum atomic E-state index is 10.4. The molecule has 0 aliphatic heterocycles. The highest BCUT2D eigenvalue weighted by molar-refractivity contribution is 7.99. The fraction of sp³-hybridized carbons (Fsp3) is 0.462. The van der Waals surface area contributed by atoms with Crippen molar-refractivity contribution >= 4 is 17.7 Å². The molecule has 0 aliphatic rings. The van der Waals surface area contributed by atoms with Gasteiger partial charge in [-0.1, -0.05) is 6.07 Å². The summed E-state index contributed by atoms with van der Waals surface area (Å²) in [5, 5.41) is 8.54. The van der Waals surface area contributed by atoms with Crippen LogP contribution in [-0.4, -0.2) is 29.7 Å². The van der Waals surface area contributed by atoms with Crippen molar-refractivity contribution < 1.29 is 14.6 Å². The minimum atomic E-state index is -0.752. The first-order chi connectivity index (χ1) is 8.04. The number of carbonyl (C=O) groups is 1. The molecule has 0 amide bonds. The number of benzene rings is 1. The molecule has 0 atom stereocenters. The van der Waals surface area contributed by atoms with Gasteiger partial charge in [-0.3, -0.25) is 4.79 Å². The van der Waals surface area contributed by atoms with Gasteiger partial charge >= 0.3 is 5.97 Å². The highest BCUT2D eigenvalue weighted by atomic mass is 32.2. The fourth-order valence-corrected chi connectivity index (χ4v) is 2.36. The van der Waals surface area contributed by atoms with Crippen LogP contribution in [-0.2, 0) is 11.2 Å². The maximum absolute atomic E-state index is 10.4. The van der Waals surface area contributed by atoms with E-state index in [1.165, 1.54) is 22.9 Å². The van der Waals surface area contributed by atoms with Gasteiger partial charge in [0.1, 0.15) is 5.75 Å². The fourth-order valence-electron chi connectivity index (χ4n) is 1.68. The quantitative estimate of drug-likeness (QED) is 0.793. The molecule has 0 unspecified atom stereocenters. The third-order valence-corrected chi connectivity index (χ3v) is 3.54. The maximum Gasteiger partial charge on any atom is 0.313 e. The minimum absolute atomic E-state index is 0.175. The second kappa shape index (κ2) is 6.55. The molecule has 17 heavy (non-hydrogen) atoms. The molecule has 1 aromatic rings. The first kappa shape index (κ1) is 13.9. The van der Waals surface area contributed by atoms with Crippen LogP contribution in [0.25, 0.3) is 0 Å². The molecule has 0 saturated heterocycles. The SMILES string of the molecule is COc1cc(C)c(CCSCC(=O)O)cc1C. The van der Waals surface area contributed by atoms with E-state index in [0.717, 1.165) is 23.5 Å². The Bertz CT molecular complexity index is 402. The second-order valence-electron chi connectivity index (χ2n) is 3.94. The zero-order valence-corrected chi connectivity index (χ0v) is 11.3. The zero-order chi connectivity index (χ0) is 12.8. The molecule has 0 heterocycles. The minimum Gasteiger partial charge on any atom is -0.496 e.